The molecule has 0 radical (unpaired) electrons. The van der Waals surface area contributed by atoms with E-state index in [1.165, 1.54) is 78.4 Å². The zero-order chi connectivity index (χ0) is 34.4. The number of hydrogen-bond acceptors (Lipinski definition) is 2. The molecular weight excluding hydrogens is 617 g/mol. The molecule has 0 unspecified atom stereocenters. The van der Waals surface area contributed by atoms with Crippen molar-refractivity contribution in [1.82, 2.24) is 0 Å². The average Bonchev–Trinajstić information content (AvgIpc) is 3.89. The second kappa shape index (κ2) is 12.9. The Hall–Kier alpha value is -5.60. The van der Waals surface area contributed by atoms with Gasteiger partial charge in [-0.25, -0.2) is 0 Å². The van der Waals surface area contributed by atoms with Crippen LogP contribution in [0.15, 0.2) is 133 Å². The van der Waals surface area contributed by atoms with Gasteiger partial charge in [0.15, 0.2) is 0 Å². The first kappa shape index (κ1) is 31.4. The molecule has 0 saturated heterocycles. The maximum atomic E-state index is 2.45. The number of hydrogen-bond donors (Lipinski definition) is 0. The van der Waals surface area contributed by atoms with Gasteiger partial charge in [0.25, 0.3) is 0 Å². The minimum Gasteiger partial charge on any atom is -0.341 e. The quantitative estimate of drug-likeness (QED) is 0.150. The fourth-order valence-electron chi connectivity index (χ4n) is 8.88. The van der Waals surface area contributed by atoms with Crippen LogP contribution in [0.4, 0.5) is 22.7 Å². The van der Waals surface area contributed by atoms with Crippen LogP contribution < -0.4 is 9.80 Å². The fourth-order valence-corrected chi connectivity index (χ4v) is 8.88. The number of rotatable bonds is 8. The lowest BCUT2D eigenvalue weighted by Crippen LogP contribution is -2.23. The molecule has 0 fully saturated rings. The van der Waals surface area contributed by atoms with Crippen molar-refractivity contribution in [2.24, 2.45) is 0 Å². The van der Waals surface area contributed by atoms with Crippen molar-refractivity contribution in [1.29, 1.82) is 0 Å². The summed E-state index contributed by atoms with van der Waals surface area (Å²) in [5, 5.41) is 0. The SMILES string of the molecule is CCC1(CC)c2cc(/C=C/c3ccc(N4CCc5ccccc54)cc3)ccc2-c2ccc(/C=C/c3ccc(N4CCc5ccccc54)cc3)cc21. The van der Waals surface area contributed by atoms with Gasteiger partial charge in [0.1, 0.15) is 0 Å². The molecule has 250 valence electrons. The molecule has 2 aliphatic heterocycles. The molecule has 0 aromatic heterocycles. The van der Waals surface area contributed by atoms with E-state index in [-0.39, 0.29) is 5.41 Å². The Morgan fingerprint density at radius 3 is 1.29 bits per heavy atom. The van der Waals surface area contributed by atoms with Gasteiger partial charge in [-0.05, 0) is 118 Å². The Morgan fingerprint density at radius 2 is 0.863 bits per heavy atom. The minimum atomic E-state index is 0.0136. The average molecular weight is 661 g/mol. The third-order valence-corrected chi connectivity index (χ3v) is 11.7. The van der Waals surface area contributed by atoms with Crippen molar-refractivity contribution in [2.45, 2.75) is 44.9 Å². The Kier molecular flexibility index (Phi) is 7.96. The monoisotopic (exact) mass is 660 g/mol. The van der Waals surface area contributed by atoms with Crippen LogP contribution >= 0.6 is 0 Å². The first-order valence-electron chi connectivity index (χ1n) is 18.7. The Balaban J connectivity index is 0.932. The van der Waals surface area contributed by atoms with E-state index in [1.54, 1.807) is 0 Å². The molecule has 0 bridgehead atoms. The second-order valence-corrected chi connectivity index (χ2v) is 14.3. The number of fused-ring (bicyclic) bond motifs is 5. The lowest BCUT2D eigenvalue weighted by atomic mass is 9.73. The third kappa shape index (κ3) is 5.51. The van der Waals surface area contributed by atoms with Crippen molar-refractivity contribution >= 4 is 47.1 Å². The lowest BCUT2D eigenvalue weighted by Gasteiger charge is -2.30. The van der Waals surface area contributed by atoms with Crippen molar-refractivity contribution in [3.8, 4) is 11.1 Å². The molecule has 0 N–H and O–H groups in total. The van der Waals surface area contributed by atoms with Gasteiger partial charge in [-0.3, -0.25) is 0 Å². The molecule has 2 heteroatoms. The summed E-state index contributed by atoms with van der Waals surface area (Å²) in [6.45, 7) is 6.80. The van der Waals surface area contributed by atoms with Crippen molar-refractivity contribution in [3.05, 3.63) is 178 Å². The molecule has 51 heavy (non-hydrogen) atoms. The number of nitrogens with zero attached hydrogens (tertiary/aromatic N) is 2. The predicted molar refractivity (Wildman–Crippen MR) is 218 cm³/mol. The summed E-state index contributed by atoms with van der Waals surface area (Å²) in [6.07, 6.45) is 13.4. The van der Waals surface area contributed by atoms with E-state index in [0.29, 0.717) is 0 Å². The highest BCUT2D eigenvalue weighted by Crippen LogP contribution is 2.53. The van der Waals surface area contributed by atoms with Crippen molar-refractivity contribution in [2.75, 3.05) is 22.9 Å². The van der Waals surface area contributed by atoms with Gasteiger partial charge in [-0.1, -0.05) is 135 Å². The highest BCUT2D eigenvalue weighted by Gasteiger charge is 2.40. The molecule has 3 aliphatic rings. The smallest absolute Gasteiger partial charge is 0.0444 e. The molecule has 2 heterocycles. The summed E-state index contributed by atoms with van der Waals surface area (Å²) in [7, 11) is 0. The molecule has 0 amide bonds. The van der Waals surface area contributed by atoms with Gasteiger partial charge in [0.2, 0.25) is 0 Å². The standard InChI is InChI=1S/C49H44N2/c1-3-49(4-2)45-33-37(15-13-35-17-23-41(24-18-35)50-31-29-39-9-5-7-11-47(39)50)21-27-43(45)44-28-22-38(34-46(44)49)16-14-36-19-25-42(26-20-36)51-32-30-40-10-6-8-12-48(40)51/h5-28,33-34H,3-4,29-32H2,1-2H3/b15-13+,16-14+. The summed E-state index contributed by atoms with van der Waals surface area (Å²) >= 11 is 0. The normalized spacial score (nSPS) is 15.4. The molecule has 1 aliphatic carbocycles. The topological polar surface area (TPSA) is 6.48 Å². The first-order chi connectivity index (χ1) is 25.1. The highest BCUT2D eigenvalue weighted by molar-refractivity contribution is 5.85. The van der Waals surface area contributed by atoms with Crippen molar-refractivity contribution in [3.63, 3.8) is 0 Å². The summed E-state index contributed by atoms with van der Waals surface area (Å²) in [6, 6.07) is 49.7. The molecule has 0 saturated carbocycles. The largest absolute Gasteiger partial charge is 0.341 e. The predicted octanol–water partition coefficient (Wildman–Crippen LogP) is 12.5. The first-order valence-corrected chi connectivity index (χ1v) is 18.7. The van der Waals surface area contributed by atoms with Crippen LogP contribution in [0.3, 0.4) is 0 Å². The molecule has 6 aromatic carbocycles. The van der Waals surface area contributed by atoms with E-state index in [2.05, 4.69) is 181 Å². The van der Waals surface area contributed by atoms with Crippen molar-refractivity contribution < 1.29 is 0 Å². The van der Waals surface area contributed by atoms with Gasteiger partial charge < -0.3 is 9.80 Å². The number of para-hydroxylation sites is 2. The molecular formula is C49H44N2. The maximum absolute atomic E-state index is 2.45. The molecule has 0 spiro atoms. The molecule has 0 atom stereocenters. The molecule has 2 nitrogen and oxygen atoms in total. The van der Waals surface area contributed by atoms with Gasteiger partial charge in [0.05, 0.1) is 0 Å². The van der Waals surface area contributed by atoms with E-state index in [1.807, 2.05) is 0 Å². The van der Waals surface area contributed by atoms with Crippen LogP contribution in [0.2, 0.25) is 0 Å². The van der Waals surface area contributed by atoms with Gasteiger partial charge in [-0.2, -0.15) is 0 Å². The zero-order valence-electron chi connectivity index (χ0n) is 29.6. The summed E-state index contributed by atoms with van der Waals surface area (Å²) < 4.78 is 0. The van der Waals surface area contributed by atoms with E-state index in [4.69, 9.17) is 0 Å². The third-order valence-electron chi connectivity index (χ3n) is 11.7. The summed E-state index contributed by atoms with van der Waals surface area (Å²) in [4.78, 5) is 4.87. The van der Waals surface area contributed by atoms with Crippen LogP contribution in [-0.2, 0) is 18.3 Å². The maximum Gasteiger partial charge on any atom is 0.0444 e. The van der Waals surface area contributed by atoms with E-state index in [0.717, 1.165) is 38.8 Å². The van der Waals surface area contributed by atoms with Gasteiger partial charge in [-0.15, -0.1) is 0 Å². The van der Waals surface area contributed by atoms with Gasteiger partial charge in [0, 0.05) is 41.3 Å². The Morgan fingerprint density at radius 1 is 0.471 bits per heavy atom. The number of benzene rings is 6. The minimum absolute atomic E-state index is 0.0136. The van der Waals surface area contributed by atoms with Crippen LogP contribution in [0, 0.1) is 0 Å². The van der Waals surface area contributed by atoms with E-state index in [9.17, 15) is 0 Å². The summed E-state index contributed by atoms with van der Waals surface area (Å²) in [5.41, 5.74) is 18.8. The van der Waals surface area contributed by atoms with E-state index >= 15 is 0 Å². The Bertz CT molecular complexity index is 2130. The molecule has 6 aromatic rings. The fraction of sp³-hybridized carbons (Fsp3) is 0.184. The van der Waals surface area contributed by atoms with Crippen LogP contribution in [0.1, 0.15) is 71.2 Å². The Labute approximate surface area is 303 Å². The van der Waals surface area contributed by atoms with Gasteiger partial charge >= 0.3 is 0 Å². The van der Waals surface area contributed by atoms with E-state index < -0.39 is 0 Å². The summed E-state index contributed by atoms with van der Waals surface area (Å²) in [5.74, 6) is 0. The molecule has 9 rings (SSSR count). The second-order valence-electron chi connectivity index (χ2n) is 14.3. The number of anilines is 4. The lowest BCUT2D eigenvalue weighted by molar-refractivity contribution is 0.490. The van der Waals surface area contributed by atoms with Crippen LogP contribution in [-0.4, -0.2) is 13.1 Å². The van der Waals surface area contributed by atoms with Crippen LogP contribution in [0.25, 0.3) is 35.4 Å². The van der Waals surface area contributed by atoms with Crippen LogP contribution in [0.5, 0.6) is 0 Å². The highest BCUT2D eigenvalue weighted by atomic mass is 15.2. The zero-order valence-corrected chi connectivity index (χ0v) is 29.6.